The summed E-state index contributed by atoms with van der Waals surface area (Å²) in [5, 5.41) is 6.69. The van der Waals surface area contributed by atoms with Crippen molar-refractivity contribution in [1.82, 2.24) is 15.6 Å². The Hall–Kier alpha value is -1.54. The molecular formula is C23H35N3O2SSi. The molecule has 164 valence electrons. The fourth-order valence-corrected chi connectivity index (χ4v) is 5.66. The van der Waals surface area contributed by atoms with Gasteiger partial charge in [-0.25, -0.2) is 4.98 Å². The van der Waals surface area contributed by atoms with Gasteiger partial charge in [-0.1, -0.05) is 45.0 Å². The molecule has 1 amide bonds. The minimum atomic E-state index is -1.83. The molecule has 1 aromatic heterocycles. The van der Waals surface area contributed by atoms with E-state index in [1.807, 2.05) is 19.4 Å². The number of carbonyl (C=O) groups excluding carboxylic acids is 1. The molecule has 1 aromatic carbocycles. The Bertz CT molecular complexity index is 873. The van der Waals surface area contributed by atoms with E-state index < -0.39 is 8.32 Å². The number of nitrogens with one attached hydrogen (secondary N) is 2. The quantitative estimate of drug-likeness (QED) is 0.611. The van der Waals surface area contributed by atoms with Crippen LogP contribution in [0.15, 0.2) is 29.8 Å². The monoisotopic (exact) mass is 445 g/mol. The number of hydrogen-bond acceptors (Lipinski definition) is 5. The number of thiazole rings is 1. The third-order valence-electron chi connectivity index (χ3n) is 6.45. The average molecular weight is 446 g/mol. The molecule has 0 bridgehead atoms. The number of benzene rings is 1. The van der Waals surface area contributed by atoms with Gasteiger partial charge >= 0.3 is 0 Å². The van der Waals surface area contributed by atoms with Gasteiger partial charge in [0, 0.05) is 6.54 Å². The van der Waals surface area contributed by atoms with Gasteiger partial charge in [-0.2, -0.15) is 0 Å². The van der Waals surface area contributed by atoms with E-state index in [9.17, 15) is 4.79 Å². The van der Waals surface area contributed by atoms with Crippen LogP contribution in [0, 0.1) is 6.92 Å². The molecule has 1 fully saturated rings. The van der Waals surface area contributed by atoms with E-state index >= 15 is 0 Å². The van der Waals surface area contributed by atoms with Crippen molar-refractivity contribution in [3.05, 3.63) is 41.0 Å². The minimum Gasteiger partial charge on any atom is -0.413 e. The highest BCUT2D eigenvalue weighted by Crippen LogP contribution is 2.38. The number of rotatable bonds is 6. The number of carbonyl (C=O) groups is 1. The van der Waals surface area contributed by atoms with Crippen molar-refractivity contribution in [3.8, 4) is 10.4 Å². The van der Waals surface area contributed by atoms with Crippen molar-refractivity contribution in [2.45, 2.75) is 77.4 Å². The molecule has 3 rings (SSSR count). The van der Waals surface area contributed by atoms with Crippen LogP contribution < -0.4 is 10.6 Å². The molecule has 0 spiro atoms. The summed E-state index contributed by atoms with van der Waals surface area (Å²) in [6.45, 7) is 16.1. The zero-order valence-corrected chi connectivity index (χ0v) is 21.0. The van der Waals surface area contributed by atoms with Gasteiger partial charge in [0.1, 0.15) is 0 Å². The third kappa shape index (κ3) is 5.19. The van der Waals surface area contributed by atoms with Crippen LogP contribution in [0.25, 0.3) is 10.4 Å². The lowest BCUT2D eigenvalue weighted by atomic mass is 10.0. The van der Waals surface area contributed by atoms with Crippen molar-refractivity contribution >= 4 is 25.6 Å². The van der Waals surface area contributed by atoms with Crippen LogP contribution in [0.3, 0.4) is 0 Å². The number of aromatic nitrogens is 1. The van der Waals surface area contributed by atoms with Gasteiger partial charge in [-0.3, -0.25) is 4.79 Å². The normalized spacial score (nSPS) is 20.9. The van der Waals surface area contributed by atoms with Gasteiger partial charge in [0.15, 0.2) is 8.32 Å². The first-order chi connectivity index (χ1) is 14.0. The Morgan fingerprint density at radius 2 is 1.97 bits per heavy atom. The summed E-state index contributed by atoms with van der Waals surface area (Å²) in [7, 11) is -1.83. The average Bonchev–Trinajstić information content (AvgIpc) is 3.29. The SMILES string of the molecule is Cc1ncsc1-c1ccc([C@H](C)NC(=O)[C@H]2C[C@@H](O[Si](C)(C)C(C)(C)C)CN2)cc1. The molecule has 5 nitrogen and oxygen atoms in total. The molecule has 30 heavy (non-hydrogen) atoms. The maximum absolute atomic E-state index is 12.8. The summed E-state index contributed by atoms with van der Waals surface area (Å²) in [5.74, 6) is 0.0474. The van der Waals surface area contributed by atoms with Crippen molar-refractivity contribution in [2.75, 3.05) is 6.54 Å². The number of hydrogen-bond donors (Lipinski definition) is 2. The van der Waals surface area contributed by atoms with Crippen LogP contribution in [-0.2, 0) is 9.22 Å². The molecular weight excluding hydrogens is 410 g/mol. The summed E-state index contributed by atoms with van der Waals surface area (Å²) in [4.78, 5) is 18.3. The van der Waals surface area contributed by atoms with Gasteiger partial charge in [-0.15, -0.1) is 11.3 Å². The highest BCUT2D eigenvalue weighted by Gasteiger charge is 2.41. The van der Waals surface area contributed by atoms with E-state index in [2.05, 4.69) is 73.7 Å². The van der Waals surface area contributed by atoms with Crippen molar-refractivity contribution in [3.63, 3.8) is 0 Å². The molecule has 0 radical (unpaired) electrons. The second kappa shape index (κ2) is 8.90. The lowest BCUT2D eigenvalue weighted by Crippen LogP contribution is -2.44. The second-order valence-corrected chi connectivity index (χ2v) is 15.4. The largest absolute Gasteiger partial charge is 0.413 e. The van der Waals surface area contributed by atoms with Crippen LogP contribution >= 0.6 is 11.3 Å². The summed E-state index contributed by atoms with van der Waals surface area (Å²) in [5.41, 5.74) is 5.19. The molecule has 2 aromatic rings. The van der Waals surface area contributed by atoms with E-state index in [1.165, 1.54) is 10.4 Å². The highest BCUT2D eigenvalue weighted by atomic mass is 32.1. The lowest BCUT2D eigenvalue weighted by molar-refractivity contribution is -0.123. The maximum Gasteiger partial charge on any atom is 0.237 e. The number of nitrogens with zero attached hydrogens (tertiary/aromatic N) is 1. The van der Waals surface area contributed by atoms with Crippen LogP contribution in [0.2, 0.25) is 18.1 Å². The van der Waals surface area contributed by atoms with Crippen LogP contribution in [0.5, 0.6) is 0 Å². The topological polar surface area (TPSA) is 63.2 Å². The predicted molar refractivity (Wildman–Crippen MR) is 127 cm³/mol. The molecule has 1 saturated heterocycles. The van der Waals surface area contributed by atoms with E-state index in [1.54, 1.807) is 11.3 Å². The lowest BCUT2D eigenvalue weighted by Gasteiger charge is -2.38. The van der Waals surface area contributed by atoms with Gasteiger partial charge in [0.2, 0.25) is 5.91 Å². The molecule has 0 aliphatic carbocycles. The van der Waals surface area contributed by atoms with Crippen LogP contribution in [0.1, 0.15) is 51.4 Å². The van der Waals surface area contributed by atoms with E-state index in [0.29, 0.717) is 0 Å². The Kier molecular flexibility index (Phi) is 6.86. The Morgan fingerprint density at radius 3 is 2.53 bits per heavy atom. The number of aryl methyl sites for hydroxylation is 1. The van der Waals surface area contributed by atoms with Crippen molar-refractivity contribution < 1.29 is 9.22 Å². The molecule has 0 unspecified atom stereocenters. The molecule has 1 aliphatic rings. The van der Waals surface area contributed by atoms with Crippen molar-refractivity contribution in [1.29, 1.82) is 0 Å². The highest BCUT2D eigenvalue weighted by molar-refractivity contribution is 7.13. The van der Waals surface area contributed by atoms with E-state index in [4.69, 9.17) is 4.43 Å². The minimum absolute atomic E-state index is 0.0451. The zero-order chi connectivity index (χ0) is 22.1. The summed E-state index contributed by atoms with van der Waals surface area (Å²) in [6.07, 6.45) is 0.841. The molecule has 0 saturated carbocycles. The smallest absolute Gasteiger partial charge is 0.237 e. The zero-order valence-electron chi connectivity index (χ0n) is 19.2. The molecule has 7 heteroatoms. The predicted octanol–water partition coefficient (Wildman–Crippen LogP) is 5.05. The maximum atomic E-state index is 12.8. The standard InChI is InChI=1S/C23H35N3O2SSi/c1-15(17-8-10-18(11-9-17)21-16(2)25-14-29-21)26-22(27)20-12-19(13-24-20)28-30(6,7)23(3,4)5/h8-11,14-15,19-20,24H,12-13H2,1-7H3,(H,26,27)/t15-,19+,20+/m0/s1. The molecule has 1 aliphatic heterocycles. The van der Waals surface area contributed by atoms with Crippen LogP contribution in [0.4, 0.5) is 0 Å². The summed E-state index contributed by atoms with van der Waals surface area (Å²) >= 11 is 1.65. The van der Waals surface area contributed by atoms with Crippen molar-refractivity contribution in [2.24, 2.45) is 0 Å². The first-order valence-corrected chi connectivity index (χ1v) is 14.5. The summed E-state index contributed by atoms with van der Waals surface area (Å²) < 4.78 is 6.48. The van der Waals surface area contributed by atoms with Gasteiger partial charge in [0.05, 0.1) is 34.3 Å². The fraction of sp³-hybridized carbons (Fsp3) is 0.565. The van der Waals surface area contributed by atoms with E-state index in [0.717, 1.165) is 24.2 Å². The summed E-state index contributed by atoms with van der Waals surface area (Å²) in [6, 6.07) is 8.15. The fourth-order valence-electron chi connectivity index (χ4n) is 3.49. The first-order valence-electron chi connectivity index (χ1n) is 10.7. The number of amides is 1. The molecule has 2 heterocycles. The van der Waals surface area contributed by atoms with Gasteiger partial charge < -0.3 is 15.1 Å². The molecule has 2 N–H and O–H groups in total. The first kappa shape index (κ1) is 23.1. The van der Waals surface area contributed by atoms with Crippen LogP contribution in [-0.4, -0.2) is 37.9 Å². The Balaban J connectivity index is 1.55. The Morgan fingerprint density at radius 1 is 1.30 bits per heavy atom. The molecule has 3 atom stereocenters. The third-order valence-corrected chi connectivity index (χ3v) is 12.0. The Labute approximate surface area is 185 Å². The van der Waals surface area contributed by atoms with Gasteiger partial charge in [0.25, 0.3) is 0 Å². The van der Waals surface area contributed by atoms with E-state index in [-0.39, 0.29) is 29.1 Å². The second-order valence-electron chi connectivity index (χ2n) is 9.82. The van der Waals surface area contributed by atoms with Gasteiger partial charge in [-0.05, 0) is 49.5 Å².